The maximum absolute atomic E-state index is 12.9. The number of amides is 1. The maximum Gasteiger partial charge on any atom is 0.230 e. The number of anilines is 1. The van der Waals surface area contributed by atoms with E-state index in [0.29, 0.717) is 18.9 Å². The summed E-state index contributed by atoms with van der Waals surface area (Å²) in [6.45, 7) is 2.21. The molecule has 3 atom stereocenters. The first-order valence-corrected chi connectivity index (χ1v) is 7.46. The highest BCUT2D eigenvalue weighted by Gasteiger charge is 2.53. The van der Waals surface area contributed by atoms with Crippen LogP contribution in [0.4, 0.5) is 10.1 Å². The molecule has 1 aliphatic carbocycles. The predicted molar refractivity (Wildman–Crippen MR) is 78.6 cm³/mol. The Labute approximate surface area is 127 Å². The molecule has 0 radical (unpaired) electrons. The van der Waals surface area contributed by atoms with Gasteiger partial charge in [-0.3, -0.25) is 14.9 Å². The first-order chi connectivity index (χ1) is 10.5. The summed E-state index contributed by atoms with van der Waals surface area (Å²) in [6.07, 6.45) is 1.30. The first kappa shape index (κ1) is 14.7. The van der Waals surface area contributed by atoms with E-state index in [0.717, 1.165) is 25.2 Å². The van der Waals surface area contributed by atoms with Crippen LogP contribution < -0.4 is 10.2 Å². The number of nitro groups is 1. The van der Waals surface area contributed by atoms with Crippen molar-refractivity contribution in [1.82, 2.24) is 5.32 Å². The molecule has 1 heterocycles. The average molecular weight is 307 g/mol. The molecular weight excluding hydrogens is 289 g/mol. The van der Waals surface area contributed by atoms with Crippen LogP contribution in [0.3, 0.4) is 0 Å². The Balaban J connectivity index is 1.44. The zero-order chi connectivity index (χ0) is 15.7. The van der Waals surface area contributed by atoms with Crippen molar-refractivity contribution in [3.63, 3.8) is 0 Å². The zero-order valence-corrected chi connectivity index (χ0v) is 12.1. The summed E-state index contributed by atoms with van der Waals surface area (Å²) in [5.41, 5.74) is 0.978. The number of halogens is 1. The average Bonchev–Trinajstić information content (AvgIpc) is 3.18. The maximum atomic E-state index is 12.9. The number of benzene rings is 1. The summed E-state index contributed by atoms with van der Waals surface area (Å²) >= 11 is 0. The van der Waals surface area contributed by atoms with Crippen molar-refractivity contribution < 1.29 is 14.1 Å². The van der Waals surface area contributed by atoms with Crippen molar-refractivity contribution >= 4 is 11.6 Å². The molecule has 22 heavy (non-hydrogen) atoms. The summed E-state index contributed by atoms with van der Waals surface area (Å²) in [5.74, 6) is -0.593. The molecule has 1 amide bonds. The smallest absolute Gasteiger partial charge is 0.230 e. The van der Waals surface area contributed by atoms with Gasteiger partial charge in [-0.25, -0.2) is 4.39 Å². The van der Waals surface area contributed by atoms with Crippen molar-refractivity contribution in [2.45, 2.75) is 18.9 Å². The Kier molecular flexibility index (Phi) is 3.96. The van der Waals surface area contributed by atoms with Gasteiger partial charge >= 0.3 is 0 Å². The quantitative estimate of drug-likeness (QED) is 0.659. The van der Waals surface area contributed by atoms with Crippen LogP contribution in [-0.2, 0) is 4.79 Å². The largest absolute Gasteiger partial charge is 0.371 e. The topological polar surface area (TPSA) is 75.5 Å². The molecule has 6 nitrogen and oxygen atoms in total. The summed E-state index contributed by atoms with van der Waals surface area (Å²) < 4.78 is 12.9. The zero-order valence-electron chi connectivity index (χ0n) is 12.1. The van der Waals surface area contributed by atoms with Crippen LogP contribution in [0.25, 0.3) is 0 Å². The molecule has 0 bridgehead atoms. The van der Waals surface area contributed by atoms with E-state index in [9.17, 15) is 19.3 Å². The molecule has 1 aliphatic heterocycles. The number of hydrogen-bond donors (Lipinski definition) is 1. The lowest BCUT2D eigenvalue weighted by molar-refractivity contribution is -0.497. The molecule has 0 spiro atoms. The van der Waals surface area contributed by atoms with Crippen molar-refractivity contribution in [2.24, 2.45) is 11.8 Å². The van der Waals surface area contributed by atoms with E-state index in [1.54, 1.807) is 12.1 Å². The fourth-order valence-corrected chi connectivity index (χ4v) is 2.96. The standard InChI is InChI=1S/C15H18FN3O3/c16-11-1-3-12(4-2-11)18-6-5-10(9-18)8-17-15(20)13-7-14(13)19(21)22/h1-4,10,13-14H,5-9H2,(H,17,20)/t10-,13-,14+/m0/s1. The van der Waals surface area contributed by atoms with Gasteiger partial charge in [0.15, 0.2) is 0 Å². The van der Waals surface area contributed by atoms with Gasteiger partial charge in [0.25, 0.3) is 0 Å². The third-order valence-corrected chi connectivity index (χ3v) is 4.41. The van der Waals surface area contributed by atoms with Crippen molar-refractivity contribution in [3.05, 3.63) is 40.2 Å². The second-order valence-electron chi connectivity index (χ2n) is 6.02. The van der Waals surface area contributed by atoms with Gasteiger partial charge in [-0.05, 0) is 36.6 Å². The Morgan fingerprint density at radius 3 is 2.77 bits per heavy atom. The van der Waals surface area contributed by atoms with Gasteiger partial charge < -0.3 is 10.2 Å². The Bertz CT molecular complexity index is 578. The van der Waals surface area contributed by atoms with Crippen LogP contribution in [0.15, 0.2) is 24.3 Å². The third kappa shape index (κ3) is 3.18. The van der Waals surface area contributed by atoms with E-state index in [2.05, 4.69) is 10.2 Å². The molecule has 2 fully saturated rings. The number of carbonyl (C=O) groups is 1. The first-order valence-electron chi connectivity index (χ1n) is 7.46. The lowest BCUT2D eigenvalue weighted by Gasteiger charge is -2.18. The monoisotopic (exact) mass is 307 g/mol. The molecule has 118 valence electrons. The lowest BCUT2D eigenvalue weighted by Crippen LogP contribution is -2.33. The van der Waals surface area contributed by atoms with Gasteiger partial charge in [0.2, 0.25) is 11.9 Å². The predicted octanol–water partition coefficient (Wildman–Crippen LogP) is 1.43. The Morgan fingerprint density at radius 1 is 1.41 bits per heavy atom. The van der Waals surface area contributed by atoms with Crippen LogP contribution in [0, 0.1) is 27.8 Å². The van der Waals surface area contributed by atoms with Gasteiger partial charge in [-0.1, -0.05) is 0 Å². The fraction of sp³-hybridized carbons (Fsp3) is 0.533. The van der Waals surface area contributed by atoms with Crippen molar-refractivity contribution in [1.29, 1.82) is 0 Å². The summed E-state index contributed by atoms with van der Waals surface area (Å²) in [6, 6.07) is 5.69. The minimum absolute atomic E-state index is 0.207. The van der Waals surface area contributed by atoms with E-state index in [-0.39, 0.29) is 16.6 Å². The number of carbonyl (C=O) groups excluding carboxylic acids is 1. The summed E-state index contributed by atoms with van der Waals surface area (Å²) in [7, 11) is 0. The minimum Gasteiger partial charge on any atom is -0.371 e. The van der Waals surface area contributed by atoms with E-state index in [1.165, 1.54) is 12.1 Å². The lowest BCUT2D eigenvalue weighted by atomic mass is 10.1. The summed E-state index contributed by atoms with van der Waals surface area (Å²) in [4.78, 5) is 24.1. The highest BCUT2D eigenvalue weighted by molar-refractivity contribution is 5.81. The molecule has 3 rings (SSSR count). The van der Waals surface area contributed by atoms with Crippen LogP contribution in [0.5, 0.6) is 0 Å². The highest BCUT2D eigenvalue weighted by atomic mass is 19.1. The van der Waals surface area contributed by atoms with Gasteiger partial charge in [-0.15, -0.1) is 0 Å². The Morgan fingerprint density at radius 2 is 2.14 bits per heavy atom. The van der Waals surface area contributed by atoms with E-state index < -0.39 is 12.0 Å². The third-order valence-electron chi connectivity index (χ3n) is 4.41. The van der Waals surface area contributed by atoms with Crippen LogP contribution >= 0.6 is 0 Å². The second-order valence-corrected chi connectivity index (χ2v) is 6.02. The molecule has 0 unspecified atom stereocenters. The normalized spacial score (nSPS) is 26.8. The number of nitrogens with zero attached hydrogens (tertiary/aromatic N) is 2. The second kappa shape index (κ2) is 5.90. The minimum atomic E-state index is -0.695. The number of rotatable bonds is 5. The molecule has 2 aliphatic rings. The van der Waals surface area contributed by atoms with Gasteiger partial charge in [0.1, 0.15) is 11.7 Å². The molecule has 1 aromatic carbocycles. The molecular formula is C15H18FN3O3. The molecule has 0 aromatic heterocycles. The fourth-order valence-electron chi connectivity index (χ4n) is 2.96. The SMILES string of the molecule is O=C(NC[C@@H]1CCN(c2ccc(F)cc2)C1)[C@H]1C[C@H]1[N+](=O)[O-]. The van der Waals surface area contributed by atoms with Crippen LogP contribution in [-0.4, -0.2) is 36.5 Å². The number of hydrogen-bond acceptors (Lipinski definition) is 4. The Hall–Kier alpha value is -2.18. The van der Waals surface area contributed by atoms with E-state index in [4.69, 9.17) is 0 Å². The van der Waals surface area contributed by atoms with Crippen molar-refractivity contribution in [3.8, 4) is 0 Å². The van der Waals surface area contributed by atoms with E-state index >= 15 is 0 Å². The number of nitrogens with one attached hydrogen (secondary N) is 1. The van der Waals surface area contributed by atoms with Gasteiger partial charge in [0.05, 0.1) is 0 Å². The molecule has 1 aromatic rings. The molecule has 1 saturated carbocycles. The van der Waals surface area contributed by atoms with Crippen LogP contribution in [0.1, 0.15) is 12.8 Å². The molecule has 7 heteroatoms. The molecule has 1 saturated heterocycles. The van der Waals surface area contributed by atoms with E-state index in [1.807, 2.05) is 0 Å². The van der Waals surface area contributed by atoms with Crippen molar-refractivity contribution in [2.75, 3.05) is 24.5 Å². The van der Waals surface area contributed by atoms with Crippen LogP contribution in [0.2, 0.25) is 0 Å². The van der Waals surface area contributed by atoms with Gasteiger partial charge in [-0.2, -0.15) is 0 Å². The highest BCUT2D eigenvalue weighted by Crippen LogP contribution is 2.33. The van der Waals surface area contributed by atoms with Gasteiger partial charge in [0, 0.05) is 36.7 Å². The molecule has 1 N–H and O–H groups in total. The summed E-state index contributed by atoms with van der Waals surface area (Å²) in [5, 5.41) is 13.4.